The number of likely N-dealkylation sites (N-methyl/N-ethyl adjacent to an activating group) is 1. The number of rotatable bonds is 7. The van der Waals surface area contributed by atoms with E-state index in [2.05, 4.69) is 29.0 Å². The molecule has 0 atom stereocenters. The monoisotopic (exact) mass is 426 g/mol. The third-order valence-electron chi connectivity index (χ3n) is 5.22. The lowest BCUT2D eigenvalue weighted by atomic mass is 10.2. The van der Waals surface area contributed by atoms with Crippen molar-refractivity contribution in [3.8, 4) is 11.3 Å². The van der Waals surface area contributed by atoms with E-state index in [9.17, 15) is 4.79 Å². The Kier molecular flexibility index (Phi) is 6.71. The number of aromatic nitrogens is 1. The summed E-state index contributed by atoms with van der Waals surface area (Å²) in [6.07, 6.45) is 0.946. The molecule has 0 saturated carbocycles. The van der Waals surface area contributed by atoms with Crippen molar-refractivity contribution in [3.63, 3.8) is 0 Å². The fourth-order valence-corrected chi connectivity index (χ4v) is 5.00. The number of amides is 1. The number of carbonyl (C=O) groups is 1. The Hall–Kier alpha value is -2.06. The summed E-state index contributed by atoms with van der Waals surface area (Å²) < 4.78 is 0. The van der Waals surface area contributed by atoms with Crippen molar-refractivity contribution in [2.45, 2.75) is 6.42 Å². The number of hydrogen-bond donors (Lipinski definition) is 0. The molecule has 1 saturated heterocycles. The molecule has 0 unspecified atom stereocenters. The average Bonchev–Trinajstić information content (AvgIpc) is 3.45. The first kappa shape index (κ1) is 20.2. The van der Waals surface area contributed by atoms with Crippen LogP contribution in [0, 0.1) is 0 Å². The Bertz CT molecular complexity index is 902. The van der Waals surface area contributed by atoms with Gasteiger partial charge in [0.2, 0.25) is 0 Å². The van der Waals surface area contributed by atoms with E-state index in [1.165, 1.54) is 11.3 Å². The predicted molar refractivity (Wildman–Crippen MR) is 122 cm³/mol. The fourth-order valence-electron chi connectivity index (χ4n) is 3.47. The van der Waals surface area contributed by atoms with E-state index in [0.29, 0.717) is 6.54 Å². The summed E-state index contributed by atoms with van der Waals surface area (Å²) in [6, 6.07) is 14.0. The second-order valence-corrected chi connectivity index (χ2v) is 9.10. The molecule has 0 aliphatic carbocycles. The highest BCUT2D eigenvalue weighted by molar-refractivity contribution is 7.14. The number of piperazine rings is 1. The number of thiophene rings is 1. The Morgan fingerprint density at radius 1 is 1.07 bits per heavy atom. The summed E-state index contributed by atoms with van der Waals surface area (Å²) in [5, 5.41) is 4.77. The van der Waals surface area contributed by atoms with Gasteiger partial charge >= 0.3 is 0 Å². The smallest absolute Gasteiger partial charge is 0.270 e. The molecule has 1 aliphatic rings. The van der Waals surface area contributed by atoms with Gasteiger partial charge in [0.1, 0.15) is 0 Å². The molecule has 1 aliphatic heterocycles. The number of hydrogen-bond acceptors (Lipinski definition) is 6. The Balaban J connectivity index is 1.47. The zero-order valence-corrected chi connectivity index (χ0v) is 18.3. The van der Waals surface area contributed by atoms with Crippen LogP contribution >= 0.6 is 22.7 Å². The molecule has 1 amide bonds. The van der Waals surface area contributed by atoms with Gasteiger partial charge in [-0.05, 0) is 31.5 Å². The first-order valence-corrected chi connectivity index (χ1v) is 11.7. The second kappa shape index (κ2) is 9.63. The molecule has 0 spiro atoms. The van der Waals surface area contributed by atoms with Crippen LogP contribution in [-0.4, -0.2) is 67.0 Å². The van der Waals surface area contributed by atoms with Crippen LogP contribution in [0.2, 0.25) is 0 Å². The summed E-state index contributed by atoms with van der Waals surface area (Å²) in [5.41, 5.74) is 2.00. The lowest BCUT2D eigenvalue weighted by molar-refractivity contribution is 0.0988. The van der Waals surface area contributed by atoms with Gasteiger partial charge in [-0.3, -0.25) is 9.69 Å². The largest absolute Gasteiger partial charge is 0.304 e. The Morgan fingerprint density at radius 3 is 2.59 bits per heavy atom. The molecule has 0 N–H and O–H groups in total. The van der Waals surface area contributed by atoms with Gasteiger partial charge < -0.3 is 9.80 Å². The number of carbonyl (C=O) groups excluding carboxylic acids is 1. The predicted octanol–water partition coefficient (Wildman–Crippen LogP) is 4.16. The van der Waals surface area contributed by atoms with Gasteiger partial charge in [-0.25, -0.2) is 4.98 Å². The number of anilines is 1. The lowest BCUT2D eigenvalue weighted by Gasteiger charge is -2.32. The van der Waals surface area contributed by atoms with E-state index in [4.69, 9.17) is 4.98 Å². The SMILES string of the molecule is CN1CCN(CCCN(C(=O)c2cccs2)c2nc(-c3ccccc3)cs2)CC1. The van der Waals surface area contributed by atoms with Gasteiger partial charge in [0.25, 0.3) is 5.91 Å². The fraction of sp³-hybridized carbons (Fsp3) is 0.364. The minimum Gasteiger partial charge on any atom is -0.304 e. The highest BCUT2D eigenvalue weighted by Crippen LogP contribution is 2.29. The minimum absolute atomic E-state index is 0.0485. The van der Waals surface area contributed by atoms with Crippen LogP contribution < -0.4 is 4.90 Å². The zero-order valence-electron chi connectivity index (χ0n) is 16.7. The third kappa shape index (κ3) is 5.11. The van der Waals surface area contributed by atoms with Crippen molar-refractivity contribution in [3.05, 3.63) is 58.1 Å². The molecular formula is C22H26N4OS2. The molecule has 29 heavy (non-hydrogen) atoms. The van der Waals surface area contributed by atoms with Gasteiger partial charge in [0.05, 0.1) is 10.6 Å². The standard InChI is InChI=1S/C22H26N4OS2/c1-24-12-14-25(15-13-24)10-6-11-26(21(27)20-9-5-16-28-20)22-23-19(17-29-22)18-7-3-2-4-8-18/h2-5,7-9,16-17H,6,10-15H2,1H3. The van der Waals surface area contributed by atoms with Crippen LogP contribution in [0.4, 0.5) is 5.13 Å². The van der Waals surface area contributed by atoms with E-state index in [0.717, 1.165) is 60.4 Å². The van der Waals surface area contributed by atoms with Crippen LogP contribution in [-0.2, 0) is 0 Å². The summed E-state index contributed by atoms with van der Waals surface area (Å²) in [6.45, 7) is 6.13. The molecule has 4 rings (SSSR count). The van der Waals surface area contributed by atoms with Gasteiger partial charge in [0.15, 0.2) is 5.13 Å². The van der Waals surface area contributed by atoms with Crippen LogP contribution in [0.15, 0.2) is 53.2 Å². The van der Waals surface area contributed by atoms with Crippen LogP contribution in [0.1, 0.15) is 16.1 Å². The van der Waals surface area contributed by atoms with Crippen molar-refractivity contribution < 1.29 is 4.79 Å². The van der Waals surface area contributed by atoms with Gasteiger partial charge in [-0.15, -0.1) is 22.7 Å². The van der Waals surface area contributed by atoms with Crippen molar-refractivity contribution in [1.82, 2.24) is 14.8 Å². The van der Waals surface area contributed by atoms with Gasteiger partial charge in [0, 0.05) is 43.7 Å². The van der Waals surface area contributed by atoms with Gasteiger partial charge in [-0.2, -0.15) is 0 Å². The minimum atomic E-state index is 0.0485. The van der Waals surface area contributed by atoms with Crippen LogP contribution in [0.5, 0.6) is 0 Å². The summed E-state index contributed by atoms with van der Waals surface area (Å²) >= 11 is 3.03. The van der Waals surface area contributed by atoms with Crippen molar-refractivity contribution in [2.24, 2.45) is 0 Å². The topological polar surface area (TPSA) is 39.7 Å². The summed E-state index contributed by atoms with van der Waals surface area (Å²) in [7, 11) is 2.17. The Labute approximate surface area is 180 Å². The molecule has 1 aromatic carbocycles. The maximum absolute atomic E-state index is 13.2. The van der Waals surface area contributed by atoms with Crippen molar-refractivity contribution in [1.29, 1.82) is 0 Å². The molecule has 3 aromatic rings. The van der Waals surface area contributed by atoms with Crippen LogP contribution in [0.25, 0.3) is 11.3 Å². The third-order valence-corrected chi connectivity index (χ3v) is 6.94. The van der Waals surface area contributed by atoms with Crippen LogP contribution in [0.3, 0.4) is 0 Å². The zero-order chi connectivity index (χ0) is 20.1. The molecular weight excluding hydrogens is 400 g/mol. The summed E-state index contributed by atoms with van der Waals surface area (Å²) in [4.78, 5) is 25.4. The van der Waals surface area contributed by atoms with E-state index in [1.807, 2.05) is 46.0 Å². The van der Waals surface area contributed by atoms with E-state index in [-0.39, 0.29) is 5.91 Å². The molecule has 5 nitrogen and oxygen atoms in total. The molecule has 0 bridgehead atoms. The molecule has 152 valence electrons. The van der Waals surface area contributed by atoms with E-state index in [1.54, 1.807) is 11.3 Å². The normalized spacial score (nSPS) is 15.5. The number of thiazole rings is 1. The van der Waals surface area contributed by atoms with Crippen molar-refractivity contribution in [2.75, 3.05) is 51.2 Å². The summed E-state index contributed by atoms with van der Waals surface area (Å²) in [5.74, 6) is 0.0485. The van der Waals surface area contributed by atoms with Gasteiger partial charge in [-0.1, -0.05) is 36.4 Å². The lowest BCUT2D eigenvalue weighted by Crippen LogP contribution is -2.45. The maximum atomic E-state index is 13.2. The quantitative estimate of drug-likeness (QED) is 0.569. The van der Waals surface area contributed by atoms with E-state index >= 15 is 0 Å². The second-order valence-electron chi connectivity index (χ2n) is 7.31. The average molecular weight is 427 g/mol. The van der Waals surface area contributed by atoms with E-state index < -0.39 is 0 Å². The molecule has 2 aromatic heterocycles. The first-order valence-electron chi connectivity index (χ1n) is 9.98. The molecule has 0 radical (unpaired) electrons. The Morgan fingerprint density at radius 2 is 1.86 bits per heavy atom. The number of nitrogens with zero attached hydrogens (tertiary/aromatic N) is 4. The highest BCUT2D eigenvalue weighted by atomic mass is 32.1. The first-order chi connectivity index (χ1) is 14.2. The molecule has 1 fully saturated rings. The maximum Gasteiger partial charge on any atom is 0.270 e. The molecule has 3 heterocycles. The highest BCUT2D eigenvalue weighted by Gasteiger charge is 2.22. The van der Waals surface area contributed by atoms with Crippen molar-refractivity contribution >= 4 is 33.7 Å². The molecule has 7 heteroatoms. The number of benzene rings is 1.